The highest BCUT2D eigenvalue weighted by molar-refractivity contribution is 5.94. The second-order valence-corrected chi connectivity index (χ2v) is 8.26. The number of pyridine rings is 1. The second-order valence-electron chi connectivity index (χ2n) is 8.26. The van der Waals surface area contributed by atoms with Gasteiger partial charge < -0.3 is 15.1 Å². The number of benzene rings is 1. The first-order valence-electron chi connectivity index (χ1n) is 11.5. The van der Waals surface area contributed by atoms with Gasteiger partial charge in [-0.2, -0.15) is 0 Å². The highest BCUT2D eigenvalue weighted by Gasteiger charge is 2.16. The molecule has 1 N–H and O–H groups in total. The molecule has 8 heteroatoms. The maximum Gasteiger partial charge on any atom is 0.225 e. The summed E-state index contributed by atoms with van der Waals surface area (Å²) in [7, 11) is 0. The zero-order valence-electron chi connectivity index (χ0n) is 18.9. The molecular weight excluding hydrogens is 412 g/mol. The van der Waals surface area contributed by atoms with Crippen LogP contribution in [0, 0.1) is 0 Å². The molecule has 5 rings (SSSR count). The summed E-state index contributed by atoms with van der Waals surface area (Å²) in [4.78, 5) is 27.2. The van der Waals surface area contributed by atoms with Gasteiger partial charge in [0.2, 0.25) is 5.95 Å². The number of hydrogen-bond acceptors (Lipinski definition) is 8. The molecule has 1 aromatic carbocycles. The maximum absolute atomic E-state index is 4.69. The van der Waals surface area contributed by atoms with Crippen LogP contribution in [0.1, 0.15) is 19.8 Å². The summed E-state index contributed by atoms with van der Waals surface area (Å²) in [6.45, 7) is 7.60. The van der Waals surface area contributed by atoms with Gasteiger partial charge in [0.1, 0.15) is 5.82 Å². The third kappa shape index (κ3) is 4.90. The van der Waals surface area contributed by atoms with E-state index >= 15 is 0 Å². The number of anilines is 3. The number of fused-ring (bicyclic) bond motifs is 1. The zero-order chi connectivity index (χ0) is 22.5. The standard InChI is InChI=1S/C25H28N8/c1-2-10-32-11-3-12-33(14-13-32)25-29-16-20(17-30-25)19-4-5-21-22(6-7-27-23(21)15-19)31-24-18-26-8-9-28-24/h4-9,15-18H,2-3,10-14H2,1H3,(H,27,28,31). The van der Waals surface area contributed by atoms with Crippen LogP contribution in [0.25, 0.3) is 22.0 Å². The fourth-order valence-corrected chi connectivity index (χ4v) is 4.28. The number of aromatic nitrogens is 5. The van der Waals surface area contributed by atoms with E-state index in [1.54, 1.807) is 24.8 Å². The van der Waals surface area contributed by atoms with Crippen LogP contribution in [-0.2, 0) is 0 Å². The van der Waals surface area contributed by atoms with E-state index in [0.29, 0.717) is 5.82 Å². The van der Waals surface area contributed by atoms with Crippen molar-refractivity contribution in [2.75, 3.05) is 42.9 Å². The molecule has 1 aliphatic rings. The molecule has 0 amide bonds. The number of nitrogens with one attached hydrogen (secondary N) is 1. The molecule has 0 radical (unpaired) electrons. The van der Waals surface area contributed by atoms with Crippen LogP contribution in [0.3, 0.4) is 0 Å². The topological polar surface area (TPSA) is 83.0 Å². The zero-order valence-corrected chi connectivity index (χ0v) is 18.9. The van der Waals surface area contributed by atoms with Gasteiger partial charge in [-0.05, 0) is 43.6 Å². The van der Waals surface area contributed by atoms with Crippen molar-refractivity contribution in [3.8, 4) is 11.1 Å². The van der Waals surface area contributed by atoms with E-state index in [9.17, 15) is 0 Å². The van der Waals surface area contributed by atoms with Crippen LogP contribution in [0.4, 0.5) is 17.5 Å². The van der Waals surface area contributed by atoms with Gasteiger partial charge in [0.25, 0.3) is 0 Å². The molecule has 8 nitrogen and oxygen atoms in total. The largest absolute Gasteiger partial charge is 0.339 e. The van der Waals surface area contributed by atoms with E-state index in [1.807, 2.05) is 18.5 Å². The Balaban J connectivity index is 1.34. The van der Waals surface area contributed by atoms with Crippen molar-refractivity contribution in [1.82, 2.24) is 29.8 Å². The predicted octanol–water partition coefficient (Wildman–Crippen LogP) is 4.15. The van der Waals surface area contributed by atoms with E-state index in [0.717, 1.165) is 66.3 Å². The molecule has 33 heavy (non-hydrogen) atoms. The summed E-state index contributed by atoms with van der Waals surface area (Å²) < 4.78 is 0. The highest BCUT2D eigenvalue weighted by Crippen LogP contribution is 2.28. The maximum atomic E-state index is 4.69. The monoisotopic (exact) mass is 440 g/mol. The van der Waals surface area contributed by atoms with Crippen molar-refractivity contribution in [3.05, 3.63) is 61.4 Å². The fraction of sp³-hybridized carbons (Fsp3) is 0.320. The summed E-state index contributed by atoms with van der Waals surface area (Å²) in [6, 6.07) is 8.17. The van der Waals surface area contributed by atoms with Crippen LogP contribution in [0.15, 0.2) is 61.4 Å². The van der Waals surface area contributed by atoms with Gasteiger partial charge >= 0.3 is 0 Å². The lowest BCUT2D eigenvalue weighted by Gasteiger charge is -2.21. The molecule has 1 saturated heterocycles. The Kier molecular flexibility index (Phi) is 6.34. The summed E-state index contributed by atoms with van der Waals surface area (Å²) in [5.41, 5.74) is 3.87. The Bertz CT molecular complexity index is 1200. The molecule has 0 bridgehead atoms. The van der Waals surface area contributed by atoms with E-state index < -0.39 is 0 Å². The third-order valence-corrected chi connectivity index (χ3v) is 5.95. The average Bonchev–Trinajstić information content (AvgIpc) is 3.11. The number of rotatable bonds is 6. The lowest BCUT2D eigenvalue weighted by Crippen LogP contribution is -2.32. The molecule has 4 aromatic rings. The molecule has 4 heterocycles. The summed E-state index contributed by atoms with van der Waals surface area (Å²) >= 11 is 0. The lowest BCUT2D eigenvalue weighted by molar-refractivity contribution is 0.294. The van der Waals surface area contributed by atoms with Crippen molar-refractivity contribution in [3.63, 3.8) is 0 Å². The Hall–Kier alpha value is -3.65. The van der Waals surface area contributed by atoms with Crippen LogP contribution >= 0.6 is 0 Å². The van der Waals surface area contributed by atoms with Gasteiger partial charge in [-0.3, -0.25) is 9.97 Å². The molecule has 0 aliphatic carbocycles. The first-order chi connectivity index (χ1) is 16.3. The first kappa shape index (κ1) is 21.2. The lowest BCUT2D eigenvalue weighted by atomic mass is 10.1. The van der Waals surface area contributed by atoms with Gasteiger partial charge in [-0.15, -0.1) is 0 Å². The minimum atomic E-state index is 0.699. The van der Waals surface area contributed by atoms with E-state index in [1.165, 1.54) is 13.0 Å². The van der Waals surface area contributed by atoms with Crippen LogP contribution < -0.4 is 10.2 Å². The van der Waals surface area contributed by atoms with Crippen molar-refractivity contribution in [1.29, 1.82) is 0 Å². The van der Waals surface area contributed by atoms with E-state index in [4.69, 9.17) is 9.97 Å². The Morgan fingerprint density at radius 1 is 0.848 bits per heavy atom. The van der Waals surface area contributed by atoms with Crippen molar-refractivity contribution >= 4 is 28.4 Å². The van der Waals surface area contributed by atoms with Gasteiger partial charge in [-0.25, -0.2) is 15.0 Å². The van der Waals surface area contributed by atoms with Crippen molar-refractivity contribution in [2.24, 2.45) is 0 Å². The minimum absolute atomic E-state index is 0.699. The van der Waals surface area contributed by atoms with Gasteiger partial charge in [0.05, 0.1) is 17.4 Å². The Morgan fingerprint density at radius 2 is 1.76 bits per heavy atom. The van der Waals surface area contributed by atoms with Crippen LogP contribution in [0.5, 0.6) is 0 Å². The molecule has 0 atom stereocenters. The molecule has 0 spiro atoms. The minimum Gasteiger partial charge on any atom is -0.339 e. The quantitative estimate of drug-likeness (QED) is 0.479. The van der Waals surface area contributed by atoms with Crippen LogP contribution in [0.2, 0.25) is 0 Å². The van der Waals surface area contributed by atoms with Gasteiger partial charge in [0, 0.05) is 61.6 Å². The Labute approximate surface area is 193 Å². The Morgan fingerprint density at radius 3 is 2.58 bits per heavy atom. The SMILES string of the molecule is CCCN1CCCN(c2ncc(-c3ccc4c(Nc5cnccn5)ccnc4c3)cn2)CC1. The molecule has 3 aromatic heterocycles. The van der Waals surface area contributed by atoms with E-state index in [-0.39, 0.29) is 0 Å². The third-order valence-electron chi connectivity index (χ3n) is 5.95. The van der Waals surface area contributed by atoms with Crippen LogP contribution in [-0.4, -0.2) is 62.5 Å². The highest BCUT2D eigenvalue weighted by atomic mass is 15.3. The number of nitrogens with zero attached hydrogens (tertiary/aromatic N) is 7. The summed E-state index contributed by atoms with van der Waals surface area (Å²) in [5, 5.41) is 4.34. The predicted molar refractivity (Wildman–Crippen MR) is 132 cm³/mol. The average molecular weight is 441 g/mol. The first-order valence-corrected chi connectivity index (χ1v) is 11.5. The molecular formula is C25H28N8. The number of hydrogen-bond donors (Lipinski definition) is 1. The molecule has 1 fully saturated rings. The summed E-state index contributed by atoms with van der Waals surface area (Å²) in [5.74, 6) is 1.51. The molecule has 0 saturated carbocycles. The molecule has 0 unspecified atom stereocenters. The van der Waals surface area contributed by atoms with Gasteiger partial charge in [0.15, 0.2) is 0 Å². The smallest absolute Gasteiger partial charge is 0.225 e. The van der Waals surface area contributed by atoms with E-state index in [2.05, 4.69) is 55.2 Å². The fourth-order valence-electron chi connectivity index (χ4n) is 4.28. The second kappa shape index (κ2) is 9.87. The van der Waals surface area contributed by atoms with Gasteiger partial charge in [-0.1, -0.05) is 19.1 Å². The normalized spacial score (nSPS) is 14.9. The van der Waals surface area contributed by atoms with Crippen molar-refractivity contribution in [2.45, 2.75) is 19.8 Å². The molecule has 168 valence electrons. The summed E-state index contributed by atoms with van der Waals surface area (Å²) in [6.07, 6.45) is 13.0. The molecule has 1 aliphatic heterocycles. The van der Waals surface area contributed by atoms with Crippen molar-refractivity contribution < 1.29 is 0 Å².